The zero-order chi connectivity index (χ0) is 18.2. The summed E-state index contributed by atoms with van der Waals surface area (Å²) in [4.78, 5) is 16.6. The van der Waals surface area contributed by atoms with E-state index in [9.17, 15) is 13.2 Å². The van der Waals surface area contributed by atoms with E-state index in [0.717, 1.165) is 0 Å². The van der Waals surface area contributed by atoms with Crippen LogP contribution in [0.3, 0.4) is 0 Å². The molecule has 0 aromatic heterocycles. The van der Waals surface area contributed by atoms with Gasteiger partial charge >= 0.3 is 0 Å². The minimum atomic E-state index is -3.64. The number of hydrogen-bond acceptors (Lipinski definition) is 4. The highest BCUT2D eigenvalue weighted by atomic mass is 35.5. The van der Waals surface area contributed by atoms with Crippen LogP contribution in [0.1, 0.15) is 12.5 Å². The van der Waals surface area contributed by atoms with Gasteiger partial charge in [0.25, 0.3) is 10.0 Å². The number of sulfonamides is 1. The molecular formula is C16H13Cl2N3O3S. The van der Waals surface area contributed by atoms with Crippen LogP contribution in [-0.2, 0) is 14.8 Å². The fourth-order valence-electron chi connectivity index (χ4n) is 2.30. The first-order valence-electron chi connectivity index (χ1n) is 7.24. The van der Waals surface area contributed by atoms with Crippen molar-refractivity contribution in [3.8, 4) is 0 Å². The van der Waals surface area contributed by atoms with Crippen molar-refractivity contribution < 1.29 is 13.2 Å². The van der Waals surface area contributed by atoms with E-state index in [4.69, 9.17) is 23.2 Å². The van der Waals surface area contributed by atoms with Crippen LogP contribution in [0.15, 0.2) is 52.4 Å². The van der Waals surface area contributed by atoms with Gasteiger partial charge in [-0.2, -0.15) is 0 Å². The van der Waals surface area contributed by atoms with Gasteiger partial charge in [0.15, 0.2) is 0 Å². The molecule has 3 rings (SSSR count). The number of hydrogen-bond donors (Lipinski definition) is 2. The number of carbonyl (C=O) groups excluding carboxylic acids is 1. The molecule has 0 spiro atoms. The number of amidine groups is 1. The van der Waals surface area contributed by atoms with Gasteiger partial charge in [-0.3, -0.25) is 14.5 Å². The first-order valence-corrected chi connectivity index (χ1v) is 9.48. The minimum Gasteiger partial charge on any atom is -0.324 e. The predicted molar refractivity (Wildman–Crippen MR) is 97.9 cm³/mol. The molecule has 1 heterocycles. The summed E-state index contributed by atoms with van der Waals surface area (Å²) in [5.74, 6) is -0.262. The SMILES string of the molecule is C[C@H](N=C1NS(=O)(=O)c2ccccc21)C(=O)Nc1ccc(Cl)c(Cl)c1. The average Bonchev–Trinajstić information content (AvgIpc) is 2.82. The van der Waals surface area contributed by atoms with Crippen LogP contribution in [0, 0.1) is 0 Å². The van der Waals surface area contributed by atoms with Crippen LogP contribution >= 0.6 is 23.2 Å². The zero-order valence-corrected chi connectivity index (χ0v) is 15.3. The summed E-state index contributed by atoms with van der Waals surface area (Å²) >= 11 is 11.8. The molecule has 6 nitrogen and oxygen atoms in total. The Morgan fingerprint density at radius 1 is 1.16 bits per heavy atom. The third-order valence-electron chi connectivity index (χ3n) is 3.55. The second-order valence-corrected chi connectivity index (χ2v) is 7.84. The number of nitrogens with zero attached hydrogens (tertiary/aromatic N) is 1. The molecule has 0 saturated heterocycles. The number of anilines is 1. The maximum absolute atomic E-state index is 12.3. The highest BCUT2D eigenvalue weighted by Crippen LogP contribution is 2.25. The lowest BCUT2D eigenvalue weighted by atomic mass is 10.2. The third kappa shape index (κ3) is 3.63. The van der Waals surface area contributed by atoms with Crippen LogP contribution < -0.4 is 10.0 Å². The molecule has 2 aromatic carbocycles. The van der Waals surface area contributed by atoms with Crippen LogP contribution in [-0.4, -0.2) is 26.2 Å². The number of amides is 1. The van der Waals surface area contributed by atoms with E-state index in [0.29, 0.717) is 21.3 Å². The van der Waals surface area contributed by atoms with Crippen LogP contribution in [0.25, 0.3) is 0 Å². The van der Waals surface area contributed by atoms with Crippen LogP contribution in [0.2, 0.25) is 10.0 Å². The van der Waals surface area contributed by atoms with E-state index in [1.165, 1.54) is 12.1 Å². The first kappa shape index (κ1) is 17.7. The van der Waals surface area contributed by atoms with Gasteiger partial charge < -0.3 is 5.32 Å². The Morgan fingerprint density at radius 3 is 2.60 bits per heavy atom. The molecule has 2 N–H and O–H groups in total. The molecular weight excluding hydrogens is 385 g/mol. The molecule has 9 heteroatoms. The van der Waals surface area contributed by atoms with Crippen molar-refractivity contribution in [2.45, 2.75) is 17.9 Å². The molecule has 25 heavy (non-hydrogen) atoms. The summed E-state index contributed by atoms with van der Waals surface area (Å²) in [6.07, 6.45) is 0. The Kier molecular flexibility index (Phi) is 4.73. The predicted octanol–water partition coefficient (Wildman–Crippen LogP) is 3.06. The maximum atomic E-state index is 12.3. The van der Waals surface area contributed by atoms with E-state index in [2.05, 4.69) is 15.0 Å². The normalized spacial score (nSPS) is 17.6. The highest BCUT2D eigenvalue weighted by molar-refractivity contribution is 7.90. The smallest absolute Gasteiger partial charge is 0.263 e. The zero-order valence-electron chi connectivity index (χ0n) is 13.0. The Labute approximate surface area is 154 Å². The van der Waals surface area contributed by atoms with Gasteiger partial charge in [-0.25, -0.2) is 8.42 Å². The van der Waals surface area contributed by atoms with Gasteiger partial charge in [0.05, 0.1) is 14.9 Å². The molecule has 0 radical (unpaired) electrons. The number of halogens is 2. The lowest BCUT2D eigenvalue weighted by Crippen LogP contribution is -2.28. The van der Waals surface area contributed by atoms with E-state index >= 15 is 0 Å². The summed E-state index contributed by atoms with van der Waals surface area (Å²) in [7, 11) is -3.64. The summed E-state index contributed by atoms with van der Waals surface area (Å²) in [5, 5.41) is 3.36. The second-order valence-electron chi connectivity index (χ2n) is 5.37. The van der Waals surface area contributed by atoms with Crippen molar-refractivity contribution in [1.29, 1.82) is 0 Å². The van der Waals surface area contributed by atoms with E-state index in [1.54, 1.807) is 37.3 Å². The van der Waals surface area contributed by atoms with E-state index in [-0.39, 0.29) is 10.7 Å². The van der Waals surface area contributed by atoms with Gasteiger partial charge in [-0.1, -0.05) is 35.3 Å². The number of carbonyl (C=O) groups is 1. The lowest BCUT2D eigenvalue weighted by Gasteiger charge is -2.10. The maximum Gasteiger partial charge on any atom is 0.263 e. The van der Waals surface area contributed by atoms with E-state index < -0.39 is 22.0 Å². The van der Waals surface area contributed by atoms with Crippen molar-refractivity contribution in [3.63, 3.8) is 0 Å². The second kappa shape index (κ2) is 6.67. The molecule has 0 unspecified atom stereocenters. The average molecular weight is 398 g/mol. The molecule has 0 saturated carbocycles. The summed E-state index contributed by atoms with van der Waals surface area (Å²) < 4.78 is 26.5. The standard InChI is InChI=1S/C16H13Cl2N3O3S/c1-9(16(22)20-10-6-7-12(17)13(18)8-10)19-15-11-4-2-3-5-14(11)25(23,24)21-15/h2-9H,1H3,(H,19,21)(H,20,22)/t9-/m0/s1. The summed E-state index contributed by atoms with van der Waals surface area (Å²) in [5.41, 5.74) is 0.913. The topological polar surface area (TPSA) is 87.6 Å². The highest BCUT2D eigenvalue weighted by Gasteiger charge is 2.31. The largest absolute Gasteiger partial charge is 0.324 e. The molecule has 0 aliphatic carbocycles. The molecule has 1 aliphatic rings. The number of benzene rings is 2. The molecule has 0 bridgehead atoms. The van der Waals surface area contributed by atoms with Crippen molar-refractivity contribution in [2.75, 3.05) is 5.32 Å². The molecule has 1 aliphatic heterocycles. The van der Waals surface area contributed by atoms with Crippen molar-refractivity contribution in [1.82, 2.24) is 4.72 Å². The number of rotatable bonds is 3. The summed E-state index contributed by atoms with van der Waals surface area (Å²) in [6, 6.07) is 10.3. The molecule has 2 aromatic rings. The van der Waals surface area contributed by atoms with Crippen LogP contribution in [0.4, 0.5) is 5.69 Å². The van der Waals surface area contributed by atoms with Gasteiger partial charge in [0.2, 0.25) is 5.91 Å². The van der Waals surface area contributed by atoms with Gasteiger partial charge in [-0.05, 0) is 37.3 Å². The van der Waals surface area contributed by atoms with Crippen molar-refractivity contribution >= 4 is 50.7 Å². The molecule has 1 amide bonds. The Bertz CT molecular complexity index is 990. The van der Waals surface area contributed by atoms with Crippen LogP contribution in [0.5, 0.6) is 0 Å². The van der Waals surface area contributed by atoms with Crippen molar-refractivity contribution in [2.24, 2.45) is 4.99 Å². The van der Waals surface area contributed by atoms with Gasteiger partial charge in [0, 0.05) is 11.3 Å². The number of fused-ring (bicyclic) bond motifs is 1. The quantitative estimate of drug-likeness (QED) is 0.833. The fourth-order valence-corrected chi connectivity index (χ4v) is 3.84. The third-order valence-corrected chi connectivity index (χ3v) is 5.69. The summed E-state index contributed by atoms with van der Waals surface area (Å²) in [6.45, 7) is 1.56. The monoisotopic (exact) mass is 397 g/mol. The van der Waals surface area contributed by atoms with Gasteiger partial charge in [-0.15, -0.1) is 0 Å². The number of aliphatic imine (C=N–C) groups is 1. The molecule has 1 atom stereocenters. The molecule has 0 fully saturated rings. The fraction of sp³-hybridized carbons (Fsp3) is 0.125. The minimum absolute atomic E-state index is 0.144. The van der Waals surface area contributed by atoms with Crippen molar-refractivity contribution in [3.05, 3.63) is 58.1 Å². The first-order chi connectivity index (χ1) is 11.8. The van der Waals surface area contributed by atoms with E-state index in [1.807, 2.05) is 0 Å². The number of nitrogens with one attached hydrogen (secondary N) is 2. The Morgan fingerprint density at radius 2 is 1.88 bits per heavy atom. The Balaban J connectivity index is 1.82. The lowest BCUT2D eigenvalue weighted by molar-refractivity contribution is -0.117. The van der Waals surface area contributed by atoms with Gasteiger partial charge in [0.1, 0.15) is 11.9 Å². The molecule has 130 valence electrons. The Hall–Kier alpha value is -2.09.